The number of allylic oxidation sites excluding steroid dienone is 1. The maximum Gasteiger partial charge on any atom is 0.262 e. The Morgan fingerprint density at radius 1 is 1.33 bits per heavy atom. The Balaban J connectivity index is 1.64. The van der Waals surface area contributed by atoms with Crippen molar-refractivity contribution in [2.45, 2.75) is 19.4 Å². The molecule has 2 N–H and O–H groups in total. The summed E-state index contributed by atoms with van der Waals surface area (Å²) in [6.45, 7) is 4.84. The highest BCUT2D eigenvalue weighted by Crippen LogP contribution is 2.29. The van der Waals surface area contributed by atoms with Crippen molar-refractivity contribution in [1.82, 2.24) is 5.32 Å². The van der Waals surface area contributed by atoms with E-state index in [1.807, 2.05) is 18.2 Å². The Morgan fingerprint density at radius 3 is 2.96 bits per heavy atom. The number of ether oxygens (including phenoxy) is 2. The van der Waals surface area contributed by atoms with Crippen LogP contribution >= 0.6 is 0 Å². The van der Waals surface area contributed by atoms with Gasteiger partial charge < -0.3 is 20.1 Å². The van der Waals surface area contributed by atoms with Gasteiger partial charge in [-0.25, -0.2) is 4.39 Å². The van der Waals surface area contributed by atoms with Crippen molar-refractivity contribution in [3.63, 3.8) is 0 Å². The molecule has 1 aliphatic heterocycles. The zero-order valence-electron chi connectivity index (χ0n) is 15.3. The highest BCUT2D eigenvalue weighted by molar-refractivity contribution is 5.92. The van der Waals surface area contributed by atoms with Gasteiger partial charge >= 0.3 is 0 Å². The predicted molar refractivity (Wildman–Crippen MR) is 103 cm³/mol. The highest BCUT2D eigenvalue weighted by Gasteiger charge is 2.18. The van der Waals surface area contributed by atoms with Crippen LogP contribution in [0.25, 0.3) is 0 Å². The Morgan fingerprint density at radius 2 is 2.19 bits per heavy atom. The minimum absolute atomic E-state index is 0.178. The van der Waals surface area contributed by atoms with Gasteiger partial charge in [0.2, 0.25) is 0 Å². The average Bonchev–Trinajstić information content (AvgIpc) is 2.69. The van der Waals surface area contributed by atoms with E-state index in [0.717, 1.165) is 17.7 Å². The van der Waals surface area contributed by atoms with E-state index in [1.165, 1.54) is 7.11 Å². The lowest BCUT2D eigenvalue weighted by Gasteiger charge is -2.19. The molecule has 0 saturated carbocycles. The zero-order chi connectivity index (χ0) is 19.2. The number of methoxy groups -OCH3 is 1. The normalized spacial score (nSPS) is 12.8. The van der Waals surface area contributed by atoms with E-state index >= 15 is 0 Å². The Hall–Kier alpha value is -2.86. The Kier molecular flexibility index (Phi) is 6.08. The molecule has 0 fully saturated rings. The summed E-state index contributed by atoms with van der Waals surface area (Å²) in [6, 6.07) is 8.89. The van der Waals surface area contributed by atoms with Crippen molar-refractivity contribution >= 4 is 11.6 Å². The number of nitrogens with one attached hydrogen (secondary N) is 2. The SMILES string of the molecule is C=CCc1ccc(OCC(=O)Nc2ccc3c(c2F)CCNC3)c(OC)c1. The van der Waals surface area contributed by atoms with Gasteiger partial charge in [0.15, 0.2) is 18.1 Å². The molecule has 27 heavy (non-hydrogen) atoms. The van der Waals surface area contributed by atoms with Crippen LogP contribution in [-0.4, -0.2) is 26.2 Å². The number of carbonyl (C=O) groups is 1. The van der Waals surface area contributed by atoms with Crippen LogP contribution in [0, 0.1) is 5.82 Å². The number of hydrogen-bond donors (Lipinski definition) is 2. The first kappa shape index (κ1) is 18.9. The van der Waals surface area contributed by atoms with Gasteiger partial charge in [0.1, 0.15) is 5.82 Å². The number of amides is 1. The number of fused-ring (bicyclic) bond motifs is 1. The molecular formula is C21H23FN2O3. The summed E-state index contributed by atoms with van der Waals surface area (Å²) >= 11 is 0. The molecule has 0 atom stereocenters. The van der Waals surface area contributed by atoms with Gasteiger partial charge in [-0.2, -0.15) is 0 Å². The average molecular weight is 370 g/mol. The maximum atomic E-state index is 14.6. The molecule has 1 aliphatic rings. The lowest BCUT2D eigenvalue weighted by Crippen LogP contribution is -2.26. The number of anilines is 1. The number of halogens is 1. The second kappa shape index (κ2) is 8.68. The van der Waals surface area contributed by atoms with Gasteiger partial charge in [0.05, 0.1) is 12.8 Å². The summed E-state index contributed by atoms with van der Waals surface area (Å²) in [5.41, 5.74) is 2.80. The third-order valence-corrected chi connectivity index (χ3v) is 4.45. The lowest BCUT2D eigenvalue weighted by atomic mass is 9.99. The molecule has 0 radical (unpaired) electrons. The molecule has 2 aromatic carbocycles. The molecule has 0 bridgehead atoms. The van der Waals surface area contributed by atoms with Gasteiger partial charge in [-0.05, 0) is 54.3 Å². The molecule has 3 rings (SSSR count). The lowest BCUT2D eigenvalue weighted by molar-refractivity contribution is -0.118. The first-order chi connectivity index (χ1) is 13.1. The highest BCUT2D eigenvalue weighted by atomic mass is 19.1. The van der Waals surface area contributed by atoms with E-state index in [0.29, 0.717) is 36.4 Å². The number of carbonyl (C=O) groups excluding carboxylic acids is 1. The van der Waals surface area contributed by atoms with E-state index < -0.39 is 5.91 Å². The summed E-state index contributed by atoms with van der Waals surface area (Å²) < 4.78 is 25.5. The molecule has 0 spiro atoms. The van der Waals surface area contributed by atoms with Crippen molar-refractivity contribution < 1.29 is 18.7 Å². The molecule has 1 amide bonds. The van der Waals surface area contributed by atoms with E-state index in [4.69, 9.17) is 9.47 Å². The van der Waals surface area contributed by atoms with Crippen LogP contribution in [0.3, 0.4) is 0 Å². The molecule has 0 unspecified atom stereocenters. The van der Waals surface area contributed by atoms with Crippen LogP contribution in [0.1, 0.15) is 16.7 Å². The third-order valence-electron chi connectivity index (χ3n) is 4.45. The Bertz CT molecular complexity index is 852. The van der Waals surface area contributed by atoms with Crippen molar-refractivity contribution in [2.75, 3.05) is 25.6 Å². The van der Waals surface area contributed by atoms with Gasteiger partial charge in [0.25, 0.3) is 5.91 Å². The van der Waals surface area contributed by atoms with Crippen LogP contribution in [0.5, 0.6) is 11.5 Å². The van der Waals surface area contributed by atoms with Gasteiger partial charge in [-0.15, -0.1) is 6.58 Å². The summed E-state index contributed by atoms with van der Waals surface area (Å²) in [7, 11) is 1.54. The summed E-state index contributed by atoms with van der Waals surface area (Å²) in [5, 5.41) is 5.78. The second-order valence-corrected chi connectivity index (χ2v) is 6.31. The van der Waals surface area contributed by atoms with Crippen LogP contribution < -0.4 is 20.1 Å². The monoisotopic (exact) mass is 370 g/mol. The van der Waals surface area contributed by atoms with Gasteiger partial charge in [-0.3, -0.25) is 4.79 Å². The largest absolute Gasteiger partial charge is 0.493 e. The van der Waals surface area contributed by atoms with E-state index in [2.05, 4.69) is 17.2 Å². The van der Waals surface area contributed by atoms with Crippen molar-refractivity contribution in [3.8, 4) is 11.5 Å². The topological polar surface area (TPSA) is 59.6 Å². The minimum Gasteiger partial charge on any atom is -0.493 e. The van der Waals surface area contributed by atoms with Crippen molar-refractivity contribution in [3.05, 3.63) is 65.5 Å². The predicted octanol–water partition coefficient (Wildman–Crippen LogP) is 3.23. The number of benzene rings is 2. The molecule has 0 saturated heterocycles. The minimum atomic E-state index is -0.431. The standard InChI is InChI=1S/C21H23FN2O3/c1-3-4-14-5-8-18(19(11-14)26-2)27-13-20(25)24-17-7-6-15-12-23-10-9-16(15)21(17)22/h3,5-8,11,23H,1,4,9-10,12-13H2,2H3,(H,24,25). The first-order valence-electron chi connectivity index (χ1n) is 8.83. The Labute approximate surface area is 158 Å². The number of hydrogen-bond acceptors (Lipinski definition) is 4. The fourth-order valence-corrected chi connectivity index (χ4v) is 3.08. The summed E-state index contributed by atoms with van der Waals surface area (Å²) in [6.07, 6.45) is 3.12. The molecule has 0 aliphatic carbocycles. The van der Waals surface area contributed by atoms with Crippen LogP contribution in [0.2, 0.25) is 0 Å². The summed E-state index contributed by atoms with van der Waals surface area (Å²) in [5.74, 6) is 0.195. The van der Waals surface area contributed by atoms with E-state index in [-0.39, 0.29) is 18.1 Å². The molecule has 0 aromatic heterocycles. The first-order valence-corrected chi connectivity index (χ1v) is 8.83. The van der Waals surface area contributed by atoms with Crippen molar-refractivity contribution in [1.29, 1.82) is 0 Å². The zero-order valence-corrected chi connectivity index (χ0v) is 15.3. The summed E-state index contributed by atoms with van der Waals surface area (Å²) in [4.78, 5) is 12.2. The van der Waals surface area contributed by atoms with Gasteiger partial charge in [-0.1, -0.05) is 18.2 Å². The van der Waals surface area contributed by atoms with Crippen LogP contribution in [0.4, 0.5) is 10.1 Å². The molecule has 142 valence electrons. The quantitative estimate of drug-likeness (QED) is 0.735. The van der Waals surface area contributed by atoms with Gasteiger partial charge in [0, 0.05) is 6.54 Å². The van der Waals surface area contributed by atoms with E-state index in [9.17, 15) is 9.18 Å². The molecule has 5 nitrogen and oxygen atoms in total. The van der Waals surface area contributed by atoms with Crippen LogP contribution in [-0.2, 0) is 24.2 Å². The maximum absolute atomic E-state index is 14.6. The second-order valence-electron chi connectivity index (χ2n) is 6.31. The third kappa shape index (κ3) is 4.46. The van der Waals surface area contributed by atoms with Crippen molar-refractivity contribution in [2.24, 2.45) is 0 Å². The molecule has 2 aromatic rings. The molecule has 1 heterocycles. The number of rotatable bonds is 7. The molecule has 6 heteroatoms. The fraction of sp³-hybridized carbons (Fsp3) is 0.286. The fourth-order valence-electron chi connectivity index (χ4n) is 3.08. The molecular weight excluding hydrogens is 347 g/mol. The van der Waals surface area contributed by atoms with Crippen LogP contribution in [0.15, 0.2) is 43.0 Å². The van der Waals surface area contributed by atoms with E-state index in [1.54, 1.807) is 18.2 Å². The smallest absolute Gasteiger partial charge is 0.262 e.